The minimum absolute atomic E-state index is 0.176. The van der Waals surface area contributed by atoms with Crippen molar-refractivity contribution in [3.05, 3.63) is 53.5 Å². The van der Waals surface area contributed by atoms with Gasteiger partial charge in [-0.05, 0) is 24.3 Å². The first-order valence-electron chi connectivity index (χ1n) is 5.06. The van der Waals surface area contributed by atoms with E-state index in [2.05, 4.69) is 5.32 Å². The average molecular weight is 239 g/mol. The molecule has 2 aromatic rings. The summed E-state index contributed by atoms with van der Waals surface area (Å²) in [5.41, 5.74) is 0.202. The van der Waals surface area contributed by atoms with Gasteiger partial charge in [0.1, 0.15) is 29.8 Å². The van der Waals surface area contributed by atoms with E-state index in [1.165, 1.54) is 12.1 Å². The number of aliphatic hydroxyl groups is 1. The largest absolute Gasteiger partial charge is 0.462 e. The molecule has 1 heterocycles. The molecule has 0 atom stereocenters. The second kappa shape index (κ2) is 4.97. The van der Waals surface area contributed by atoms with Crippen molar-refractivity contribution >= 4 is 5.69 Å². The van der Waals surface area contributed by atoms with Gasteiger partial charge in [-0.3, -0.25) is 0 Å². The number of nitrogens with one attached hydrogen (secondary N) is 1. The second-order valence-electron chi connectivity index (χ2n) is 3.50. The lowest BCUT2D eigenvalue weighted by molar-refractivity contribution is 0.244. The first-order chi connectivity index (χ1) is 8.19. The smallest absolute Gasteiger partial charge is 0.149 e. The van der Waals surface area contributed by atoms with E-state index in [-0.39, 0.29) is 18.8 Å². The highest BCUT2D eigenvalue weighted by Gasteiger charge is 2.05. The Morgan fingerprint density at radius 2 is 1.88 bits per heavy atom. The van der Waals surface area contributed by atoms with Crippen LogP contribution in [0.5, 0.6) is 0 Å². The van der Waals surface area contributed by atoms with Crippen LogP contribution in [0.3, 0.4) is 0 Å². The van der Waals surface area contributed by atoms with Gasteiger partial charge in [-0.25, -0.2) is 8.78 Å². The number of anilines is 1. The Morgan fingerprint density at radius 3 is 2.53 bits per heavy atom. The molecular formula is C12H11F2NO2. The summed E-state index contributed by atoms with van der Waals surface area (Å²) in [4.78, 5) is 0. The molecule has 3 nitrogen and oxygen atoms in total. The Labute approximate surface area is 96.7 Å². The number of rotatable bonds is 4. The summed E-state index contributed by atoms with van der Waals surface area (Å²) in [5.74, 6) is -0.258. The highest BCUT2D eigenvalue weighted by molar-refractivity contribution is 5.44. The van der Waals surface area contributed by atoms with Crippen molar-refractivity contribution in [1.29, 1.82) is 0 Å². The topological polar surface area (TPSA) is 45.4 Å². The van der Waals surface area contributed by atoms with Gasteiger partial charge in [0.25, 0.3) is 0 Å². The Morgan fingerprint density at radius 1 is 1.12 bits per heavy atom. The summed E-state index contributed by atoms with van der Waals surface area (Å²) >= 11 is 0. The van der Waals surface area contributed by atoms with Gasteiger partial charge in [-0.15, -0.1) is 0 Å². The van der Waals surface area contributed by atoms with Crippen molar-refractivity contribution in [2.75, 3.05) is 5.32 Å². The van der Waals surface area contributed by atoms with Gasteiger partial charge < -0.3 is 14.8 Å². The molecule has 0 saturated carbocycles. The zero-order valence-corrected chi connectivity index (χ0v) is 8.91. The van der Waals surface area contributed by atoms with E-state index in [0.29, 0.717) is 11.5 Å². The van der Waals surface area contributed by atoms with E-state index >= 15 is 0 Å². The Kier molecular flexibility index (Phi) is 3.39. The molecule has 0 fully saturated rings. The molecule has 0 bridgehead atoms. The van der Waals surface area contributed by atoms with Gasteiger partial charge in [-0.1, -0.05) is 0 Å². The highest BCUT2D eigenvalue weighted by atomic mass is 19.1. The fraction of sp³-hybridized carbons (Fsp3) is 0.167. The quantitative estimate of drug-likeness (QED) is 0.862. The normalized spacial score (nSPS) is 10.5. The van der Waals surface area contributed by atoms with E-state index in [4.69, 9.17) is 9.52 Å². The number of hydrogen-bond donors (Lipinski definition) is 2. The average Bonchev–Trinajstić information content (AvgIpc) is 2.76. The standard InChI is InChI=1S/C12H11F2NO2/c13-8-1-4-12(11(14)5-8)15-6-9-2-3-10(7-16)17-9/h1-5,15-16H,6-7H2. The van der Waals surface area contributed by atoms with Gasteiger partial charge in [0.15, 0.2) is 0 Å². The minimum atomic E-state index is -0.654. The van der Waals surface area contributed by atoms with Crippen molar-refractivity contribution in [2.45, 2.75) is 13.2 Å². The number of halogens is 2. The molecule has 90 valence electrons. The van der Waals surface area contributed by atoms with Crippen LogP contribution in [0, 0.1) is 11.6 Å². The summed E-state index contributed by atoms with van der Waals surface area (Å²) in [7, 11) is 0. The third kappa shape index (κ3) is 2.82. The van der Waals surface area contributed by atoms with Crippen molar-refractivity contribution in [3.63, 3.8) is 0 Å². The molecule has 0 aliphatic rings. The lowest BCUT2D eigenvalue weighted by atomic mass is 10.3. The maximum Gasteiger partial charge on any atom is 0.149 e. The van der Waals surface area contributed by atoms with Crippen LogP contribution in [0.1, 0.15) is 11.5 Å². The number of aliphatic hydroxyl groups excluding tert-OH is 1. The van der Waals surface area contributed by atoms with Crippen LogP contribution >= 0.6 is 0 Å². The van der Waals surface area contributed by atoms with Crippen molar-refractivity contribution in [1.82, 2.24) is 0 Å². The molecule has 5 heteroatoms. The van der Waals surface area contributed by atoms with E-state index in [0.717, 1.165) is 6.07 Å². The highest BCUT2D eigenvalue weighted by Crippen LogP contribution is 2.16. The first-order valence-corrected chi connectivity index (χ1v) is 5.06. The Hall–Kier alpha value is -1.88. The van der Waals surface area contributed by atoms with Gasteiger partial charge in [0, 0.05) is 6.07 Å². The SMILES string of the molecule is OCc1ccc(CNc2ccc(F)cc2F)o1. The van der Waals surface area contributed by atoms with Crippen molar-refractivity contribution < 1.29 is 18.3 Å². The Balaban J connectivity index is 2.02. The zero-order chi connectivity index (χ0) is 12.3. The van der Waals surface area contributed by atoms with Crippen LogP contribution in [0.4, 0.5) is 14.5 Å². The van der Waals surface area contributed by atoms with Crippen LogP contribution < -0.4 is 5.32 Å². The molecule has 1 aromatic heterocycles. The summed E-state index contributed by atoms with van der Waals surface area (Å²) in [5, 5.41) is 11.6. The van der Waals surface area contributed by atoms with E-state index in [1.54, 1.807) is 12.1 Å². The molecule has 0 aliphatic carbocycles. The predicted octanol–water partition coefficient (Wildman–Crippen LogP) is 2.66. The van der Waals surface area contributed by atoms with E-state index in [1.807, 2.05) is 0 Å². The van der Waals surface area contributed by atoms with Crippen LogP contribution in [0.15, 0.2) is 34.7 Å². The number of hydrogen-bond acceptors (Lipinski definition) is 3. The minimum Gasteiger partial charge on any atom is -0.462 e. The predicted molar refractivity (Wildman–Crippen MR) is 58.3 cm³/mol. The third-order valence-corrected chi connectivity index (χ3v) is 2.26. The zero-order valence-electron chi connectivity index (χ0n) is 8.91. The van der Waals surface area contributed by atoms with Crippen molar-refractivity contribution in [2.24, 2.45) is 0 Å². The van der Waals surface area contributed by atoms with Crippen LogP contribution in [-0.2, 0) is 13.2 Å². The summed E-state index contributed by atoms with van der Waals surface area (Å²) in [6.07, 6.45) is 0. The number of furan rings is 1. The van der Waals surface area contributed by atoms with Gasteiger partial charge in [0.2, 0.25) is 0 Å². The summed E-state index contributed by atoms with van der Waals surface area (Å²) in [6, 6.07) is 6.62. The van der Waals surface area contributed by atoms with Crippen LogP contribution in [0.25, 0.3) is 0 Å². The molecule has 0 aliphatic heterocycles. The monoisotopic (exact) mass is 239 g/mol. The van der Waals surface area contributed by atoms with Gasteiger partial charge >= 0.3 is 0 Å². The van der Waals surface area contributed by atoms with Crippen LogP contribution in [-0.4, -0.2) is 5.11 Å². The third-order valence-electron chi connectivity index (χ3n) is 2.26. The molecule has 0 amide bonds. The first kappa shape index (κ1) is 11.6. The summed E-state index contributed by atoms with van der Waals surface area (Å²) in [6.45, 7) is 0.0907. The van der Waals surface area contributed by atoms with E-state index < -0.39 is 11.6 Å². The maximum absolute atomic E-state index is 13.3. The molecule has 0 unspecified atom stereocenters. The van der Waals surface area contributed by atoms with Gasteiger partial charge in [-0.2, -0.15) is 0 Å². The maximum atomic E-state index is 13.3. The lowest BCUT2D eigenvalue weighted by Gasteiger charge is -2.05. The molecule has 1 aromatic carbocycles. The molecule has 17 heavy (non-hydrogen) atoms. The molecule has 2 N–H and O–H groups in total. The van der Waals surface area contributed by atoms with E-state index in [9.17, 15) is 8.78 Å². The molecule has 0 saturated heterocycles. The number of benzene rings is 1. The molecule has 0 spiro atoms. The second-order valence-corrected chi connectivity index (χ2v) is 3.50. The molecule has 2 rings (SSSR count). The van der Waals surface area contributed by atoms with Crippen LogP contribution in [0.2, 0.25) is 0 Å². The summed E-state index contributed by atoms with van der Waals surface area (Å²) < 4.78 is 31.1. The Bertz CT molecular complexity index is 511. The van der Waals surface area contributed by atoms with Gasteiger partial charge in [0.05, 0.1) is 12.2 Å². The molecule has 0 radical (unpaired) electrons. The fourth-order valence-corrected chi connectivity index (χ4v) is 1.42. The van der Waals surface area contributed by atoms with Crippen molar-refractivity contribution in [3.8, 4) is 0 Å². The molecular weight excluding hydrogens is 228 g/mol. The lowest BCUT2D eigenvalue weighted by Crippen LogP contribution is -2.00. The fourth-order valence-electron chi connectivity index (χ4n) is 1.42.